The molecule has 0 saturated carbocycles. The third-order valence-corrected chi connectivity index (χ3v) is 3.29. The average molecular weight is 277 g/mol. The number of benzene rings is 2. The second kappa shape index (κ2) is 5.75. The van der Waals surface area contributed by atoms with Gasteiger partial charge in [-0.15, -0.1) is 0 Å². The van der Waals surface area contributed by atoms with E-state index in [0.717, 1.165) is 16.7 Å². The fraction of sp³-hybridized carbons (Fsp3) is 0.111. The first-order valence-corrected chi connectivity index (χ1v) is 6.90. The Bertz CT molecular complexity index is 779. The molecular weight excluding hydrogens is 262 g/mol. The number of hydrogen-bond donors (Lipinski definition) is 0. The highest BCUT2D eigenvalue weighted by molar-refractivity contribution is 6.10. The minimum atomic E-state index is 0.00352. The molecule has 0 N–H and O–H groups in total. The van der Waals surface area contributed by atoms with Crippen molar-refractivity contribution in [3.8, 4) is 5.75 Å². The van der Waals surface area contributed by atoms with Crippen LogP contribution >= 0.6 is 0 Å². The summed E-state index contributed by atoms with van der Waals surface area (Å²) >= 11 is 0. The second-order valence-corrected chi connectivity index (χ2v) is 4.70. The first kappa shape index (κ1) is 13.3. The Morgan fingerprint density at radius 2 is 1.81 bits per heavy atom. The normalized spacial score (nSPS) is 10.5. The lowest BCUT2D eigenvalue weighted by Crippen LogP contribution is -2.01. The van der Waals surface area contributed by atoms with Gasteiger partial charge in [0.2, 0.25) is 0 Å². The minimum Gasteiger partial charge on any atom is -0.494 e. The SMILES string of the molecule is CCOc1ccc(C(=O)c2ccc3ncccc3c2)cc1. The van der Waals surface area contributed by atoms with E-state index in [1.54, 1.807) is 18.3 Å². The zero-order valence-corrected chi connectivity index (χ0v) is 11.7. The van der Waals surface area contributed by atoms with Crippen molar-refractivity contribution in [1.29, 1.82) is 0 Å². The van der Waals surface area contributed by atoms with Gasteiger partial charge in [-0.05, 0) is 55.5 Å². The average Bonchev–Trinajstić information content (AvgIpc) is 2.55. The molecule has 3 nitrogen and oxygen atoms in total. The molecule has 0 spiro atoms. The van der Waals surface area contributed by atoms with E-state index < -0.39 is 0 Å². The van der Waals surface area contributed by atoms with Gasteiger partial charge in [-0.2, -0.15) is 0 Å². The zero-order chi connectivity index (χ0) is 14.7. The summed E-state index contributed by atoms with van der Waals surface area (Å²) in [7, 11) is 0. The van der Waals surface area contributed by atoms with Crippen LogP contribution < -0.4 is 4.74 Å². The van der Waals surface area contributed by atoms with Gasteiger partial charge in [0.1, 0.15) is 5.75 Å². The Hall–Kier alpha value is -2.68. The summed E-state index contributed by atoms with van der Waals surface area (Å²) in [5.74, 6) is 0.778. The molecule has 0 aliphatic rings. The van der Waals surface area contributed by atoms with Gasteiger partial charge in [0, 0.05) is 22.7 Å². The van der Waals surface area contributed by atoms with Gasteiger partial charge < -0.3 is 4.74 Å². The van der Waals surface area contributed by atoms with Crippen LogP contribution in [-0.2, 0) is 0 Å². The third-order valence-electron chi connectivity index (χ3n) is 3.29. The van der Waals surface area contributed by atoms with Crippen LogP contribution in [0.1, 0.15) is 22.8 Å². The van der Waals surface area contributed by atoms with Crippen LogP contribution in [0.5, 0.6) is 5.75 Å². The van der Waals surface area contributed by atoms with Crippen molar-refractivity contribution in [2.45, 2.75) is 6.92 Å². The van der Waals surface area contributed by atoms with Crippen LogP contribution in [0, 0.1) is 0 Å². The van der Waals surface area contributed by atoms with Gasteiger partial charge >= 0.3 is 0 Å². The van der Waals surface area contributed by atoms with E-state index in [1.807, 2.05) is 49.4 Å². The fourth-order valence-corrected chi connectivity index (χ4v) is 2.25. The number of carbonyl (C=O) groups is 1. The van der Waals surface area contributed by atoms with Crippen molar-refractivity contribution in [2.24, 2.45) is 0 Å². The van der Waals surface area contributed by atoms with Crippen molar-refractivity contribution in [1.82, 2.24) is 4.98 Å². The highest BCUT2D eigenvalue weighted by Crippen LogP contribution is 2.18. The predicted octanol–water partition coefficient (Wildman–Crippen LogP) is 3.86. The summed E-state index contributed by atoms with van der Waals surface area (Å²) < 4.78 is 5.38. The summed E-state index contributed by atoms with van der Waals surface area (Å²) in [6.45, 7) is 2.55. The standard InChI is InChI=1S/C18H15NO2/c1-2-21-16-8-5-13(6-9-16)18(20)15-7-10-17-14(12-15)4-3-11-19-17/h3-12H,2H2,1H3. The molecule has 2 aromatic carbocycles. The topological polar surface area (TPSA) is 39.2 Å². The van der Waals surface area contributed by atoms with Crippen molar-refractivity contribution in [3.05, 3.63) is 71.9 Å². The second-order valence-electron chi connectivity index (χ2n) is 4.70. The number of nitrogens with zero attached hydrogens (tertiary/aromatic N) is 1. The summed E-state index contributed by atoms with van der Waals surface area (Å²) in [6, 6.07) is 16.6. The summed E-state index contributed by atoms with van der Waals surface area (Å²) in [5.41, 5.74) is 2.21. The monoisotopic (exact) mass is 277 g/mol. The quantitative estimate of drug-likeness (QED) is 0.680. The van der Waals surface area contributed by atoms with Crippen LogP contribution in [0.3, 0.4) is 0 Å². The van der Waals surface area contributed by atoms with E-state index in [2.05, 4.69) is 4.98 Å². The maximum absolute atomic E-state index is 12.5. The molecule has 3 aromatic rings. The number of aromatic nitrogens is 1. The van der Waals surface area contributed by atoms with Crippen LogP contribution in [0.2, 0.25) is 0 Å². The van der Waals surface area contributed by atoms with Crippen LogP contribution in [0.4, 0.5) is 0 Å². The van der Waals surface area contributed by atoms with E-state index in [1.165, 1.54) is 0 Å². The minimum absolute atomic E-state index is 0.00352. The number of ketones is 1. The van der Waals surface area contributed by atoms with Gasteiger partial charge in [-0.25, -0.2) is 0 Å². The highest BCUT2D eigenvalue weighted by Gasteiger charge is 2.10. The lowest BCUT2D eigenvalue weighted by atomic mass is 10.0. The number of fused-ring (bicyclic) bond motifs is 1. The molecular formula is C18H15NO2. The van der Waals surface area contributed by atoms with Crippen LogP contribution in [-0.4, -0.2) is 17.4 Å². The van der Waals surface area contributed by atoms with Crippen molar-refractivity contribution >= 4 is 16.7 Å². The number of carbonyl (C=O) groups excluding carboxylic acids is 1. The first-order chi connectivity index (χ1) is 10.3. The Labute approximate surface area is 123 Å². The first-order valence-electron chi connectivity index (χ1n) is 6.90. The largest absolute Gasteiger partial charge is 0.494 e. The Kier molecular flexibility index (Phi) is 3.65. The molecule has 0 radical (unpaired) electrons. The highest BCUT2D eigenvalue weighted by atomic mass is 16.5. The summed E-state index contributed by atoms with van der Waals surface area (Å²) in [5, 5.41) is 0.967. The van der Waals surface area contributed by atoms with Crippen molar-refractivity contribution < 1.29 is 9.53 Å². The van der Waals surface area contributed by atoms with Gasteiger partial charge in [-0.3, -0.25) is 9.78 Å². The lowest BCUT2D eigenvalue weighted by molar-refractivity contribution is 0.103. The van der Waals surface area contributed by atoms with E-state index in [9.17, 15) is 4.79 Å². The molecule has 21 heavy (non-hydrogen) atoms. The number of rotatable bonds is 4. The molecule has 1 heterocycles. The molecule has 0 amide bonds. The van der Waals surface area contributed by atoms with E-state index >= 15 is 0 Å². The molecule has 0 unspecified atom stereocenters. The molecule has 0 atom stereocenters. The van der Waals surface area contributed by atoms with Crippen LogP contribution in [0.25, 0.3) is 10.9 Å². The molecule has 0 aliphatic carbocycles. The van der Waals surface area contributed by atoms with Gasteiger partial charge in [0.15, 0.2) is 5.78 Å². The van der Waals surface area contributed by atoms with E-state index in [-0.39, 0.29) is 5.78 Å². The van der Waals surface area contributed by atoms with Crippen molar-refractivity contribution in [2.75, 3.05) is 6.61 Å². The zero-order valence-electron chi connectivity index (χ0n) is 11.7. The lowest BCUT2D eigenvalue weighted by Gasteiger charge is -2.05. The number of pyridine rings is 1. The molecule has 0 fully saturated rings. The number of ether oxygens (including phenoxy) is 1. The Morgan fingerprint density at radius 1 is 1.05 bits per heavy atom. The van der Waals surface area contributed by atoms with Gasteiger partial charge in [0.25, 0.3) is 0 Å². The maximum atomic E-state index is 12.5. The summed E-state index contributed by atoms with van der Waals surface area (Å²) in [4.78, 5) is 16.8. The maximum Gasteiger partial charge on any atom is 0.193 e. The molecule has 0 bridgehead atoms. The Morgan fingerprint density at radius 3 is 2.57 bits per heavy atom. The smallest absolute Gasteiger partial charge is 0.193 e. The molecule has 1 aromatic heterocycles. The number of hydrogen-bond acceptors (Lipinski definition) is 3. The molecule has 0 saturated heterocycles. The molecule has 0 aliphatic heterocycles. The van der Waals surface area contributed by atoms with Gasteiger partial charge in [0.05, 0.1) is 12.1 Å². The molecule has 3 rings (SSSR count). The van der Waals surface area contributed by atoms with E-state index in [4.69, 9.17) is 4.74 Å². The summed E-state index contributed by atoms with van der Waals surface area (Å²) in [6.07, 6.45) is 1.75. The third kappa shape index (κ3) is 2.77. The van der Waals surface area contributed by atoms with E-state index in [0.29, 0.717) is 17.7 Å². The molecule has 3 heteroatoms. The van der Waals surface area contributed by atoms with Gasteiger partial charge in [-0.1, -0.05) is 6.07 Å². The van der Waals surface area contributed by atoms with Crippen LogP contribution in [0.15, 0.2) is 60.8 Å². The fourth-order valence-electron chi connectivity index (χ4n) is 2.25. The van der Waals surface area contributed by atoms with Crippen molar-refractivity contribution in [3.63, 3.8) is 0 Å². The predicted molar refractivity (Wildman–Crippen MR) is 82.8 cm³/mol. The molecule has 104 valence electrons. The Balaban J connectivity index is 1.92.